The van der Waals surface area contributed by atoms with Gasteiger partial charge in [0.25, 0.3) is 0 Å². The molecule has 4 N–H and O–H groups in total. The smallest absolute Gasteiger partial charge is 0.101 e. The molecule has 2 heterocycles. The number of hydrogen-bond donors (Lipinski definition) is 2. The maximum absolute atomic E-state index is 5.98. The lowest BCUT2D eigenvalue weighted by Crippen LogP contribution is -1.98. The van der Waals surface area contributed by atoms with Crippen LogP contribution in [0.4, 0.5) is 0 Å². The molecule has 0 saturated carbocycles. The molecule has 0 aliphatic carbocycles. The van der Waals surface area contributed by atoms with E-state index in [-0.39, 0.29) is 0 Å². The fraction of sp³-hybridized carbons (Fsp3) is 0.667. The second-order valence-corrected chi connectivity index (χ2v) is 13.5. The molecule has 0 aromatic heterocycles. The Kier molecular flexibility index (Phi) is 11.8. The van der Waals surface area contributed by atoms with Crippen LogP contribution >= 0.6 is 70.6 Å². The van der Waals surface area contributed by atoms with Crippen LogP contribution in [0.1, 0.15) is 65.2 Å². The molecule has 148 valence electrons. The normalized spacial score (nSPS) is 17.9. The molecular formula is C18H30N2S6. The molecule has 0 spiro atoms. The lowest BCUT2D eigenvalue weighted by atomic mass is 10.2. The maximum Gasteiger partial charge on any atom is 0.101 e. The second-order valence-electron chi connectivity index (χ2n) is 6.10. The Morgan fingerprint density at radius 3 is 1.46 bits per heavy atom. The van der Waals surface area contributed by atoms with E-state index >= 15 is 0 Å². The van der Waals surface area contributed by atoms with Crippen molar-refractivity contribution in [3.8, 4) is 0 Å². The molecule has 2 aliphatic rings. The standard InChI is InChI=1S/C18H30N2S6/c1-3-5-7-9-11-21-15-16(22-12-10-8-6-4-2)26-18(25-15)17-23-13(19)14(20)24-17/h3-12,19-20H2,1-2H3. The van der Waals surface area contributed by atoms with E-state index in [2.05, 4.69) is 13.8 Å². The summed E-state index contributed by atoms with van der Waals surface area (Å²) in [4.78, 5) is 0. The van der Waals surface area contributed by atoms with Gasteiger partial charge in [-0.1, -0.05) is 99.4 Å². The van der Waals surface area contributed by atoms with E-state index in [0.717, 1.165) is 10.1 Å². The summed E-state index contributed by atoms with van der Waals surface area (Å²) < 4.78 is 5.63. The van der Waals surface area contributed by atoms with Crippen molar-refractivity contribution in [3.63, 3.8) is 0 Å². The van der Waals surface area contributed by atoms with Gasteiger partial charge in [-0.05, 0) is 24.3 Å². The number of rotatable bonds is 12. The van der Waals surface area contributed by atoms with Gasteiger partial charge in [0.2, 0.25) is 0 Å². The molecule has 0 bridgehead atoms. The molecule has 0 aromatic rings. The van der Waals surface area contributed by atoms with Crippen LogP contribution in [0.25, 0.3) is 0 Å². The first-order valence-electron chi connectivity index (χ1n) is 9.36. The molecule has 0 saturated heterocycles. The molecule has 0 amide bonds. The van der Waals surface area contributed by atoms with E-state index in [9.17, 15) is 0 Å². The van der Waals surface area contributed by atoms with Crippen LogP contribution in [0.15, 0.2) is 27.0 Å². The number of nitrogens with two attached hydrogens (primary N) is 2. The Morgan fingerprint density at radius 1 is 0.615 bits per heavy atom. The summed E-state index contributed by atoms with van der Waals surface area (Å²) in [5, 5.41) is 1.52. The van der Waals surface area contributed by atoms with E-state index in [1.165, 1.54) is 79.8 Å². The minimum Gasteiger partial charge on any atom is -0.391 e. The van der Waals surface area contributed by atoms with Gasteiger partial charge in [-0.25, -0.2) is 0 Å². The largest absolute Gasteiger partial charge is 0.391 e. The highest BCUT2D eigenvalue weighted by molar-refractivity contribution is 8.42. The first-order chi connectivity index (χ1) is 12.7. The van der Waals surface area contributed by atoms with E-state index < -0.39 is 0 Å². The molecule has 0 atom stereocenters. The predicted octanol–water partition coefficient (Wildman–Crippen LogP) is 7.87. The monoisotopic (exact) mass is 466 g/mol. The molecule has 0 radical (unpaired) electrons. The Hall–Kier alpha value is 0.920. The summed E-state index contributed by atoms with van der Waals surface area (Å²) in [5.74, 6) is 2.46. The Bertz CT molecular complexity index is 512. The average Bonchev–Trinajstić information content (AvgIpc) is 3.18. The summed E-state index contributed by atoms with van der Waals surface area (Å²) in [5.41, 5.74) is 12.0. The van der Waals surface area contributed by atoms with Gasteiger partial charge < -0.3 is 11.5 Å². The van der Waals surface area contributed by atoms with Crippen LogP contribution < -0.4 is 11.5 Å². The van der Waals surface area contributed by atoms with Gasteiger partial charge in [-0.15, -0.1) is 23.5 Å². The van der Waals surface area contributed by atoms with Gasteiger partial charge in [-0.2, -0.15) is 0 Å². The van der Waals surface area contributed by atoms with Gasteiger partial charge in [0.1, 0.15) is 10.1 Å². The average molecular weight is 467 g/mol. The summed E-state index contributed by atoms with van der Waals surface area (Å²) in [6.07, 6.45) is 10.7. The van der Waals surface area contributed by atoms with Crippen molar-refractivity contribution in [3.05, 3.63) is 27.0 Å². The van der Waals surface area contributed by atoms with Crippen molar-refractivity contribution in [2.24, 2.45) is 11.5 Å². The molecule has 0 fully saturated rings. The lowest BCUT2D eigenvalue weighted by molar-refractivity contribution is 0.707. The molecule has 26 heavy (non-hydrogen) atoms. The van der Waals surface area contributed by atoms with Gasteiger partial charge in [0.15, 0.2) is 0 Å². The topological polar surface area (TPSA) is 52.0 Å². The van der Waals surface area contributed by atoms with Crippen molar-refractivity contribution in [2.75, 3.05) is 11.5 Å². The van der Waals surface area contributed by atoms with Crippen LogP contribution in [0, 0.1) is 0 Å². The first-order valence-corrected chi connectivity index (χ1v) is 14.6. The van der Waals surface area contributed by atoms with E-state index in [1.807, 2.05) is 47.0 Å². The second kappa shape index (κ2) is 13.2. The highest BCUT2D eigenvalue weighted by Crippen LogP contribution is 2.62. The summed E-state index contributed by atoms with van der Waals surface area (Å²) in [7, 11) is 0. The zero-order chi connectivity index (χ0) is 18.8. The minimum atomic E-state index is 0.758. The van der Waals surface area contributed by atoms with Gasteiger partial charge in [0.05, 0.1) is 16.9 Å². The van der Waals surface area contributed by atoms with Crippen LogP contribution in [0.2, 0.25) is 0 Å². The van der Waals surface area contributed by atoms with Crippen LogP contribution in [-0.4, -0.2) is 11.5 Å². The SMILES string of the molecule is CCCCCCSC1=C(SCCCCCC)SC(=C2SC(N)=C(N)S2)S1. The molecule has 8 heteroatoms. The Labute approximate surface area is 184 Å². The van der Waals surface area contributed by atoms with Gasteiger partial charge >= 0.3 is 0 Å². The third kappa shape index (κ3) is 7.74. The quantitative estimate of drug-likeness (QED) is 0.282. The summed E-state index contributed by atoms with van der Waals surface area (Å²) in [6.45, 7) is 4.54. The van der Waals surface area contributed by atoms with Crippen molar-refractivity contribution in [1.82, 2.24) is 0 Å². The fourth-order valence-electron chi connectivity index (χ4n) is 2.32. The molecule has 2 nitrogen and oxygen atoms in total. The maximum atomic E-state index is 5.98. The zero-order valence-electron chi connectivity index (χ0n) is 15.7. The van der Waals surface area contributed by atoms with Gasteiger partial charge in [0, 0.05) is 0 Å². The third-order valence-corrected chi connectivity index (χ3v) is 12.3. The predicted molar refractivity (Wildman–Crippen MR) is 133 cm³/mol. The summed E-state index contributed by atoms with van der Waals surface area (Å²) in [6, 6.07) is 0. The van der Waals surface area contributed by atoms with E-state index in [1.54, 1.807) is 23.5 Å². The Morgan fingerprint density at radius 2 is 1.04 bits per heavy atom. The van der Waals surface area contributed by atoms with Crippen LogP contribution in [0.3, 0.4) is 0 Å². The third-order valence-electron chi connectivity index (χ3n) is 3.81. The molecule has 2 rings (SSSR count). The van der Waals surface area contributed by atoms with Crippen molar-refractivity contribution in [2.45, 2.75) is 65.2 Å². The molecule has 0 aromatic carbocycles. The Balaban J connectivity index is 1.90. The van der Waals surface area contributed by atoms with Crippen LogP contribution in [0.5, 0.6) is 0 Å². The molecular weight excluding hydrogens is 437 g/mol. The van der Waals surface area contributed by atoms with E-state index in [4.69, 9.17) is 11.5 Å². The highest BCUT2D eigenvalue weighted by atomic mass is 32.3. The van der Waals surface area contributed by atoms with E-state index in [0.29, 0.717) is 0 Å². The first kappa shape index (κ1) is 23.2. The van der Waals surface area contributed by atoms with Gasteiger partial charge in [-0.3, -0.25) is 0 Å². The molecule has 2 aliphatic heterocycles. The van der Waals surface area contributed by atoms with Crippen LogP contribution in [-0.2, 0) is 0 Å². The highest BCUT2D eigenvalue weighted by Gasteiger charge is 2.28. The minimum absolute atomic E-state index is 0.758. The van der Waals surface area contributed by atoms with Crippen molar-refractivity contribution in [1.29, 1.82) is 0 Å². The fourth-order valence-corrected chi connectivity index (χ4v) is 10.7. The number of unbranched alkanes of at least 4 members (excludes halogenated alkanes) is 6. The number of hydrogen-bond acceptors (Lipinski definition) is 8. The van der Waals surface area contributed by atoms with Crippen molar-refractivity contribution < 1.29 is 0 Å². The van der Waals surface area contributed by atoms with Crippen molar-refractivity contribution >= 4 is 70.6 Å². The number of thioether (sulfide) groups is 6. The lowest BCUT2D eigenvalue weighted by Gasteiger charge is -2.05. The summed E-state index contributed by atoms with van der Waals surface area (Å²) >= 11 is 11.2. The molecule has 0 unspecified atom stereocenters. The zero-order valence-corrected chi connectivity index (χ0v) is 20.6.